The van der Waals surface area contributed by atoms with Gasteiger partial charge in [0.2, 0.25) is 0 Å². The number of nitrogens with one attached hydrogen (secondary N) is 1. The molecule has 7 nitrogen and oxygen atoms in total. The van der Waals surface area contributed by atoms with Gasteiger partial charge in [-0.1, -0.05) is 0 Å². The molecule has 8 heteroatoms. The van der Waals surface area contributed by atoms with Gasteiger partial charge in [-0.2, -0.15) is 0 Å². The van der Waals surface area contributed by atoms with E-state index in [0.29, 0.717) is 6.42 Å². The van der Waals surface area contributed by atoms with Gasteiger partial charge < -0.3 is 15.2 Å². The topological polar surface area (TPSA) is 102 Å². The van der Waals surface area contributed by atoms with Crippen LogP contribution in [0, 0.1) is 15.9 Å². The van der Waals surface area contributed by atoms with E-state index in [1.165, 1.54) is 0 Å². The van der Waals surface area contributed by atoms with Gasteiger partial charge in [-0.25, -0.2) is 9.18 Å². The maximum Gasteiger partial charge on any atom is 0.338 e. The number of hydrogen-bond donors (Lipinski definition) is 2. The SMILES string of the molecule is COC1CCC(Nc2cc(F)c(C(=O)O)cc2[N+](=O)[O-])C1. The molecule has 1 fully saturated rings. The van der Waals surface area contributed by atoms with E-state index in [4.69, 9.17) is 9.84 Å². The molecule has 2 unspecified atom stereocenters. The molecular formula is C13H15FN2O5. The second-order valence-electron chi connectivity index (χ2n) is 4.92. The van der Waals surface area contributed by atoms with E-state index in [0.717, 1.165) is 25.0 Å². The lowest BCUT2D eigenvalue weighted by atomic mass is 10.1. The highest BCUT2D eigenvalue weighted by atomic mass is 19.1. The number of hydrogen-bond acceptors (Lipinski definition) is 5. The molecule has 114 valence electrons. The fourth-order valence-corrected chi connectivity index (χ4v) is 2.50. The molecule has 2 N–H and O–H groups in total. The largest absolute Gasteiger partial charge is 0.478 e. The fraction of sp³-hybridized carbons (Fsp3) is 0.462. The number of rotatable bonds is 5. The van der Waals surface area contributed by atoms with Gasteiger partial charge in [0.05, 0.1) is 11.0 Å². The van der Waals surface area contributed by atoms with Crippen molar-refractivity contribution in [1.82, 2.24) is 0 Å². The quantitative estimate of drug-likeness (QED) is 0.639. The summed E-state index contributed by atoms with van der Waals surface area (Å²) in [6.07, 6.45) is 2.30. The van der Waals surface area contributed by atoms with Gasteiger partial charge in [0, 0.05) is 25.3 Å². The van der Waals surface area contributed by atoms with Gasteiger partial charge in [0.15, 0.2) is 0 Å². The van der Waals surface area contributed by atoms with E-state index in [1.807, 2.05) is 0 Å². The molecule has 1 aromatic carbocycles. The van der Waals surface area contributed by atoms with Crippen LogP contribution in [-0.2, 0) is 4.74 Å². The van der Waals surface area contributed by atoms with Crippen molar-refractivity contribution < 1.29 is 24.0 Å². The van der Waals surface area contributed by atoms with Gasteiger partial charge in [0.1, 0.15) is 17.1 Å². The number of carboxylic acid groups (broad SMARTS) is 1. The van der Waals surface area contributed by atoms with Crippen LogP contribution >= 0.6 is 0 Å². The second kappa shape index (κ2) is 6.04. The molecule has 21 heavy (non-hydrogen) atoms. The molecular weight excluding hydrogens is 283 g/mol. The average molecular weight is 298 g/mol. The predicted octanol–water partition coefficient (Wildman–Crippen LogP) is 2.41. The monoisotopic (exact) mass is 298 g/mol. The molecule has 0 amide bonds. The number of carbonyl (C=O) groups is 1. The predicted molar refractivity (Wildman–Crippen MR) is 72.1 cm³/mol. The zero-order valence-corrected chi connectivity index (χ0v) is 11.3. The van der Waals surface area contributed by atoms with Crippen LogP contribution in [0.15, 0.2) is 12.1 Å². The van der Waals surface area contributed by atoms with Crippen molar-refractivity contribution in [1.29, 1.82) is 0 Å². The lowest BCUT2D eigenvalue weighted by Gasteiger charge is -2.15. The van der Waals surface area contributed by atoms with Crippen LogP contribution in [0.4, 0.5) is 15.8 Å². The van der Waals surface area contributed by atoms with Crippen molar-refractivity contribution in [3.63, 3.8) is 0 Å². The summed E-state index contributed by atoms with van der Waals surface area (Å²) in [5.41, 5.74) is -1.17. The maximum atomic E-state index is 13.7. The first-order valence-electron chi connectivity index (χ1n) is 6.43. The van der Waals surface area contributed by atoms with E-state index in [2.05, 4.69) is 5.32 Å². The minimum atomic E-state index is -1.54. The Bertz CT molecular complexity index is 578. The third-order valence-corrected chi connectivity index (χ3v) is 3.59. The lowest BCUT2D eigenvalue weighted by Crippen LogP contribution is -2.18. The normalized spacial score (nSPS) is 21.2. The molecule has 2 rings (SSSR count). The van der Waals surface area contributed by atoms with Gasteiger partial charge in [-0.15, -0.1) is 0 Å². The molecule has 0 heterocycles. The average Bonchev–Trinajstić information content (AvgIpc) is 2.85. The molecule has 1 aliphatic carbocycles. The molecule has 0 radical (unpaired) electrons. The number of halogens is 1. The molecule has 2 atom stereocenters. The summed E-state index contributed by atoms with van der Waals surface area (Å²) >= 11 is 0. The second-order valence-corrected chi connectivity index (χ2v) is 4.92. The minimum absolute atomic E-state index is 0.00995. The van der Waals surface area contributed by atoms with Gasteiger partial charge in [-0.3, -0.25) is 10.1 Å². The van der Waals surface area contributed by atoms with Crippen molar-refractivity contribution in [2.75, 3.05) is 12.4 Å². The summed E-state index contributed by atoms with van der Waals surface area (Å²) in [5.74, 6) is -2.54. The molecule has 0 aromatic heterocycles. The Morgan fingerprint density at radius 1 is 1.52 bits per heavy atom. The first-order valence-corrected chi connectivity index (χ1v) is 6.43. The Hall–Kier alpha value is -2.22. The van der Waals surface area contributed by atoms with Crippen molar-refractivity contribution >= 4 is 17.3 Å². The highest BCUT2D eigenvalue weighted by Gasteiger charge is 2.28. The summed E-state index contributed by atoms with van der Waals surface area (Å²) in [7, 11) is 1.59. The van der Waals surface area contributed by atoms with Gasteiger partial charge >= 0.3 is 5.97 Å². The van der Waals surface area contributed by atoms with E-state index >= 15 is 0 Å². The summed E-state index contributed by atoms with van der Waals surface area (Å²) in [4.78, 5) is 21.1. The summed E-state index contributed by atoms with van der Waals surface area (Å²) in [6.45, 7) is 0. The van der Waals surface area contributed by atoms with Crippen molar-refractivity contribution in [2.45, 2.75) is 31.4 Å². The van der Waals surface area contributed by atoms with E-state index in [9.17, 15) is 19.3 Å². The number of benzene rings is 1. The Kier molecular flexibility index (Phi) is 4.37. The smallest absolute Gasteiger partial charge is 0.338 e. The van der Waals surface area contributed by atoms with Crippen LogP contribution < -0.4 is 5.32 Å². The van der Waals surface area contributed by atoms with Crippen LogP contribution in [-0.4, -0.2) is 35.3 Å². The highest BCUT2D eigenvalue weighted by Crippen LogP contribution is 2.32. The molecule has 1 saturated carbocycles. The Labute approximate surface area is 119 Å². The fourth-order valence-electron chi connectivity index (χ4n) is 2.50. The minimum Gasteiger partial charge on any atom is -0.478 e. The van der Waals surface area contributed by atoms with Crippen LogP contribution in [0.3, 0.4) is 0 Å². The summed E-state index contributed by atoms with van der Waals surface area (Å²) < 4.78 is 18.9. The zero-order chi connectivity index (χ0) is 15.6. The summed E-state index contributed by atoms with van der Waals surface area (Å²) in [6, 6.07) is 1.54. The molecule has 1 aromatic rings. The van der Waals surface area contributed by atoms with Crippen LogP contribution in [0.2, 0.25) is 0 Å². The Morgan fingerprint density at radius 3 is 2.76 bits per heavy atom. The Morgan fingerprint density at radius 2 is 2.24 bits per heavy atom. The third kappa shape index (κ3) is 3.27. The number of carboxylic acids is 1. The molecule has 0 aliphatic heterocycles. The standard InChI is InChI=1S/C13H15FN2O5/c1-21-8-3-2-7(4-8)15-11-6-10(14)9(13(17)18)5-12(11)16(19)20/h5-8,15H,2-4H2,1H3,(H,17,18). The van der Waals surface area contributed by atoms with Crippen molar-refractivity contribution in [3.8, 4) is 0 Å². The number of nitrogens with zero attached hydrogens (tertiary/aromatic N) is 1. The van der Waals surface area contributed by atoms with Gasteiger partial charge in [0.25, 0.3) is 5.69 Å². The highest BCUT2D eigenvalue weighted by molar-refractivity contribution is 5.90. The maximum absolute atomic E-state index is 13.7. The first kappa shape index (κ1) is 15.2. The van der Waals surface area contributed by atoms with Crippen LogP contribution in [0.1, 0.15) is 29.6 Å². The lowest BCUT2D eigenvalue weighted by molar-refractivity contribution is -0.384. The number of ether oxygens (including phenoxy) is 1. The number of methoxy groups -OCH3 is 1. The third-order valence-electron chi connectivity index (χ3n) is 3.59. The number of nitro benzene ring substituents is 1. The number of anilines is 1. The molecule has 0 bridgehead atoms. The Balaban J connectivity index is 2.28. The zero-order valence-electron chi connectivity index (χ0n) is 11.3. The van der Waals surface area contributed by atoms with Gasteiger partial charge in [-0.05, 0) is 19.3 Å². The first-order chi connectivity index (χ1) is 9.92. The number of nitro groups is 1. The molecule has 0 spiro atoms. The van der Waals surface area contributed by atoms with Crippen molar-refractivity contribution in [2.24, 2.45) is 0 Å². The van der Waals surface area contributed by atoms with Crippen molar-refractivity contribution in [3.05, 3.63) is 33.6 Å². The van der Waals surface area contributed by atoms with E-state index in [1.54, 1.807) is 7.11 Å². The molecule has 0 saturated heterocycles. The van der Waals surface area contributed by atoms with E-state index in [-0.39, 0.29) is 17.8 Å². The number of aromatic carboxylic acids is 1. The molecule has 1 aliphatic rings. The van der Waals surface area contributed by atoms with Crippen LogP contribution in [0.5, 0.6) is 0 Å². The van der Waals surface area contributed by atoms with E-state index < -0.39 is 28.0 Å². The van der Waals surface area contributed by atoms with Crippen LogP contribution in [0.25, 0.3) is 0 Å². The summed E-state index contributed by atoms with van der Waals surface area (Å²) in [5, 5.41) is 22.7.